The number of likely N-dealkylation sites (N-methyl/N-ethyl adjacent to an activating group) is 1. The van der Waals surface area contributed by atoms with Gasteiger partial charge in [0.1, 0.15) is 6.54 Å². The molecule has 2 amide bonds. The molecule has 0 fully saturated rings. The van der Waals surface area contributed by atoms with Gasteiger partial charge in [-0.15, -0.1) is 5.10 Å². The Bertz CT molecular complexity index is 788. The molecule has 0 aliphatic carbocycles. The van der Waals surface area contributed by atoms with Gasteiger partial charge in [-0.25, -0.2) is 4.79 Å². The van der Waals surface area contributed by atoms with Crippen LogP contribution >= 0.6 is 0 Å². The van der Waals surface area contributed by atoms with Crippen molar-refractivity contribution in [2.45, 2.75) is 19.9 Å². The van der Waals surface area contributed by atoms with Crippen LogP contribution in [0.15, 0.2) is 24.4 Å². The molecule has 1 aliphatic heterocycles. The second-order valence-electron chi connectivity index (χ2n) is 5.67. The van der Waals surface area contributed by atoms with Crippen LogP contribution in [0.2, 0.25) is 0 Å². The number of nitrogens with one attached hydrogen (secondary N) is 2. The lowest BCUT2D eigenvalue weighted by Gasteiger charge is -2.12. The standard InChI is InChI=1S/C16H20N6O3/c1-3-25-16(24)19-14-9-17-22(20-14)10-15(23)18-12-4-5-13-11(8-12)6-7-21(13)2/h4-5,8-9H,3,6-7,10H2,1-2H3,(H,18,23)(H,19,20,24). The summed E-state index contributed by atoms with van der Waals surface area (Å²) in [7, 11) is 2.05. The van der Waals surface area contributed by atoms with E-state index in [9.17, 15) is 9.59 Å². The normalized spacial score (nSPS) is 12.6. The van der Waals surface area contributed by atoms with Crippen molar-refractivity contribution < 1.29 is 14.3 Å². The molecule has 0 saturated heterocycles. The number of amides is 2. The van der Waals surface area contributed by atoms with Gasteiger partial charge in [-0.1, -0.05) is 0 Å². The molecule has 0 radical (unpaired) electrons. The van der Waals surface area contributed by atoms with Crippen LogP contribution in [0.25, 0.3) is 0 Å². The molecule has 9 nitrogen and oxygen atoms in total. The lowest BCUT2D eigenvalue weighted by molar-refractivity contribution is -0.117. The van der Waals surface area contributed by atoms with Gasteiger partial charge in [-0.2, -0.15) is 9.90 Å². The summed E-state index contributed by atoms with van der Waals surface area (Å²) in [6.45, 7) is 2.90. The molecule has 2 aromatic rings. The van der Waals surface area contributed by atoms with Gasteiger partial charge < -0.3 is 15.0 Å². The first-order chi connectivity index (χ1) is 12.0. The van der Waals surface area contributed by atoms with E-state index in [1.54, 1.807) is 6.92 Å². The van der Waals surface area contributed by atoms with Crippen molar-refractivity contribution in [3.8, 4) is 0 Å². The molecule has 132 valence electrons. The van der Waals surface area contributed by atoms with E-state index in [-0.39, 0.29) is 24.9 Å². The van der Waals surface area contributed by atoms with Crippen LogP contribution in [-0.4, -0.2) is 47.2 Å². The largest absolute Gasteiger partial charge is 0.450 e. The predicted octanol–water partition coefficient (Wildman–Crippen LogP) is 1.48. The molecule has 1 aromatic carbocycles. The zero-order valence-corrected chi connectivity index (χ0v) is 14.2. The molecule has 0 unspecified atom stereocenters. The maximum atomic E-state index is 12.1. The number of anilines is 3. The Morgan fingerprint density at radius 3 is 2.96 bits per heavy atom. The highest BCUT2D eigenvalue weighted by Crippen LogP contribution is 2.29. The first kappa shape index (κ1) is 16.7. The quantitative estimate of drug-likeness (QED) is 0.852. The maximum absolute atomic E-state index is 12.1. The fourth-order valence-electron chi connectivity index (χ4n) is 2.68. The molecule has 1 aromatic heterocycles. The Labute approximate surface area is 144 Å². The summed E-state index contributed by atoms with van der Waals surface area (Å²) < 4.78 is 4.75. The average Bonchev–Trinajstić information content (AvgIpc) is 3.14. The number of hydrogen-bond acceptors (Lipinski definition) is 6. The van der Waals surface area contributed by atoms with Gasteiger partial charge in [0.2, 0.25) is 5.91 Å². The van der Waals surface area contributed by atoms with Crippen molar-refractivity contribution in [2.24, 2.45) is 0 Å². The van der Waals surface area contributed by atoms with E-state index in [4.69, 9.17) is 4.74 Å². The highest BCUT2D eigenvalue weighted by atomic mass is 16.5. The molecule has 0 spiro atoms. The predicted molar refractivity (Wildman–Crippen MR) is 92.7 cm³/mol. The summed E-state index contributed by atoms with van der Waals surface area (Å²) >= 11 is 0. The van der Waals surface area contributed by atoms with Crippen molar-refractivity contribution in [3.63, 3.8) is 0 Å². The number of ether oxygens (including phenoxy) is 1. The van der Waals surface area contributed by atoms with Gasteiger partial charge in [0.15, 0.2) is 5.82 Å². The van der Waals surface area contributed by atoms with Crippen molar-refractivity contribution >= 4 is 29.2 Å². The van der Waals surface area contributed by atoms with Gasteiger partial charge in [-0.05, 0) is 37.1 Å². The van der Waals surface area contributed by atoms with Gasteiger partial charge in [0.05, 0.1) is 12.8 Å². The minimum atomic E-state index is -0.609. The summed E-state index contributed by atoms with van der Waals surface area (Å²) in [5.74, 6) is -0.0172. The smallest absolute Gasteiger partial charge is 0.412 e. The lowest BCUT2D eigenvalue weighted by Crippen LogP contribution is -2.21. The second-order valence-corrected chi connectivity index (χ2v) is 5.67. The van der Waals surface area contributed by atoms with E-state index in [1.807, 2.05) is 18.2 Å². The number of carbonyl (C=O) groups is 2. The Balaban J connectivity index is 1.56. The van der Waals surface area contributed by atoms with Crippen LogP contribution in [0.5, 0.6) is 0 Å². The van der Waals surface area contributed by atoms with E-state index in [2.05, 4.69) is 32.8 Å². The van der Waals surface area contributed by atoms with Crippen LogP contribution in [0, 0.1) is 0 Å². The van der Waals surface area contributed by atoms with E-state index in [0.717, 1.165) is 18.7 Å². The van der Waals surface area contributed by atoms with Crippen LogP contribution in [0.1, 0.15) is 12.5 Å². The van der Waals surface area contributed by atoms with Gasteiger partial charge in [0, 0.05) is 25.0 Å². The summed E-state index contributed by atoms with van der Waals surface area (Å²) in [5.41, 5.74) is 3.16. The van der Waals surface area contributed by atoms with Gasteiger partial charge in [-0.3, -0.25) is 10.1 Å². The van der Waals surface area contributed by atoms with Crippen LogP contribution in [0.4, 0.5) is 22.0 Å². The molecule has 0 bridgehead atoms. The van der Waals surface area contributed by atoms with E-state index < -0.39 is 6.09 Å². The number of fused-ring (bicyclic) bond motifs is 1. The van der Waals surface area contributed by atoms with Crippen LogP contribution < -0.4 is 15.5 Å². The summed E-state index contributed by atoms with van der Waals surface area (Å²) in [4.78, 5) is 26.8. The molecular formula is C16H20N6O3. The zero-order chi connectivity index (χ0) is 17.8. The molecule has 0 saturated carbocycles. The van der Waals surface area contributed by atoms with E-state index >= 15 is 0 Å². The second kappa shape index (κ2) is 7.20. The third-order valence-corrected chi connectivity index (χ3v) is 3.82. The molecule has 9 heteroatoms. The third-order valence-electron chi connectivity index (χ3n) is 3.82. The SMILES string of the molecule is CCOC(=O)Nc1cnn(CC(=O)Nc2ccc3c(c2)CCN3C)n1. The monoisotopic (exact) mass is 344 g/mol. The number of nitrogens with zero attached hydrogens (tertiary/aromatic N) is 4. The van der Waals surface area contributed by atoms with Crippen molar-refractivity contribution in [3.05, 3.63) is 30.0 Å². The number of rotatable bonds is 5. The van der Waals surface area contributed by atoms with Crippen LogP contribution in [-0.2, 0) is 22.5 Å². The van der Waals surface area contributed by atoms with Crippen molar-refractivity contribution in [1.29, 1.82) is 0 Å². The van der Waals surface area contributed by atoms with Crippen molar-refractivity contribution in [2.75, 3.05) is 35.7 Å². The highest BCUT2D eigenvalue weighted by molar-refractivity contribution is 5.91. The van der Waals surface area contributed by atoms with Gasteiger partial charge >= 0.3 is 6.09 Å². The first-order valence-corrected chi connectivity index (χ1v) is 8.03. The number of benzene rings is 1. The maximum Gasteiger partial charge on any atom is 0.412 e. The minimum absolute atomic E-state index is 0.0541. The molecule has 2 heterocycles. The van der Waals surface area contributed by atoms with Crippen molar-refractivity contribution in [1.82, 2.24) is 15.0 Å². The summed E-state index contributed by atoms with van der Waals surface area (Å²) in [6, 6.07) is 5.87. The van der Waals surface area contributed by atoms with E-state index in [0.29, 0.717) is 0 Å². The molecule has 25 heavy (non-hydrogen) atoms. The Hall–Kier alpha value is -3.10. The molecule has 3 rings (SSSR count). The summed E-state index contributed by atoms with van der Waals surface area (Å²) in [6.07, 6.45) is 1.72. The fraction of sp³-hybridized carbons (Fsp3) is 0.375. The Kier molecular flexibility index (Phi) is 4.82. The number of carbonyl (C=O) groups excluding carboxylic acids is 2. The molecule has 1 aliphatic rings. The summed E-state index contributed by atoms with van der Waals surface area (Å²) in [5, 5.41) is 13.2. The number of hydrogen-bond donors (Lipinski definition) is 2. The molecule has 0 atom stereocenters. The topological polar surface area (TPSA) is 101 Å². The minimum Gasteiger partial charge on any atom is -0.450 e. The van der Waals surface area contributed by atoms with Gasteiger partial charge in [0.25, 0.3) is 0 Å². The Morgan fingerprint density at radius 2 is 2.16 bits per heavy atom. The molecule has 2 N–H and O–H groups in total. The highest BCUT2D eigenvalue weighted by Gasteiger charge is 2.16. The first-order valence-electron chi connectivity index (χ1n) is 8.03. The zero-order valence-electron chi connectivity index (χ0n) is 14.2. The number of aromatic nitrogens is 3. The van der Waals surface area contributed by atoms with Crippen LogP contribution in [0.3, 0.4) is 0 Å². The lowest BCUT2D eigenvalue weighted by atomic mass is 10.1. The Morgan fingerprint density at radius 1 is 1.32 bits per heavy atom. The fourth-order valence-corrected chi connectivity index (χ4v) is 2.68. The average molecular weight is 344 g/mol. The third kappa shape index (κ3) is 4.06. The van der Waals surface area contributed by atoms with E-state index in [1.165, 1.54) is 22.2 Å². The molecular weight excluding hydrogens is 324 g/mol.